The van der Waals surface area contributed by atoms with E-state index >= 15 is 0 Å². The van der Waals surface area contributed by atoms with Gasteiger partial charge < -0.3 is 10.0 Å². The average molecular weight is 254 g/mol. The summed E-state index contributed by atoms with van der Waals surface area (Å²) in [6.07, 6.45) is 4.93. The third-order valence-corrected chi connectivity index (χ3v) is 3.81. The molecule has 0 aromatic carbocycles. The Labute approximate surface area is 108 Å². The molecule has 18 heavy (non-hydrogen) atoms. The van der Waals surface area contributed by atoms with Gasteiger partial charge in [0.15, 0.2) is 0 Å². The Kier molecular flexibility index (Phi) is 4.58. The Morgan fingerprint density at radius 1 is 1.06 bits per heavy atom. The van der Waals surface area contributed by atoms with Crippen LogP contribution in [0.4, 0.5) is 0 Å². The lowest BCUT2D eigenvalue weighted by molar-refractivity contribution is -0.140. The summed E-state index contributed by atoms with van der Waals surface area (Å²) < 4.78 is 0. The highest BCUT2D eigenvalue weighted by molar-refractivity contribution is 5.78. The van der Waals surface area contributed by atoms with Crippen LogP contribution >= 0.6 is 0 Å². The number of hydrogen-bond acceptors (Lipinski definition) is 3. The highest BCUT2D eigenvalue weighted by atomic mass is 16.4. The molecule has 2 saturated heterocycles. The Hall–Kier alpha value is -1.10. The molecular formula is C13H22N2O3. The van der Waals surface area contributed by atoms with Gasteiger partial charge in [-0.2, -0.15) is 0 Å². The third kappa shape index (κ3) is 3.70. The van der Waals surface area contributed by atoms with Crippen LogP contribution in [0.15, 0.2) is 0 Å². The van der Waals surface area contributed by atoms with Crippen molar-refractivity contribution < 1.29 is 14.7 Å². The molecule has 0 saturated carbocycles. The molecule has 0 atom stereocenters. The van der Waals surface area contributed by atoms with Gasteiger partial charge in [0.05, 0.1) is 13.0 Å². The second-order valence-corrected chi connectivity index (χ2v) is 5.45. The van der Waals surface area contributed by atoms with E-state index in [1.165, 1.54) is 12.8 Å². The Morgan fingerprint density at radius 3 is 2.22 bits per heavy atom. The predicted octanol–water partition coefficient (Wildman–Crippen LogP) is 0.795. The van der Waals surface area contributed by atoms with Gasteiger partial charge in [-0.3, -0.25) is 14.5 Å². The van der Waals surface area contributed by atoms with Crippen LogP contribution < -0.4 is 0 Å². The van der Waals surface area contributed by atoms with E-state index in [1.807, 2.05) is 4.90 Å². The zero-order valence-electron chi connectivity index (χ0n) is 10.8. The molecule has 2 rings (SSSR count). The standard InChI is InChI=1S/C13H22N2O3/c16-12(15-5-3-1-2-4-6-15)10-14-8-11(9-14)7-13(17)18/h11H,1-10H2,(H,17,18). The molecule has 0 radical (unpaired) electrons. The maximum atomic E-state index is 12.1. The van der Waals surface area contributed by atoms with E-state index in [0.29, 0.717) is 6.54 Å². The first kappa shape index (κ1) is 13.3. The van der Waals surface area contributed by atoms with E-state index in [1.54, 1.807) is 0 Å². The fourth-order valence-electron chi connectivity index (χ4n) is 2.79. The molecule has 0 aliphatic carbocycles. The number of carbonyl (C=O) groups is 2. The van der Waals surface area contributed by atoms with E-state index in [-0.39, 0.29) is 18.2 Å². The number of aliphatic carboxylic acids is 1. The summed E-state index contributed by atoms with van der Waals surface area (Å²) in [4.78, 5) is 26.6. The van der Waals surface area contributed by atoms with Gasteiger partial charge in [-0.15, -0.1) is 0 Å². The van der Waals surface area contributed by atoms with Crippen molar-refractivity contribution in [2.24, 2.45) is 5.92 Å². The molecular weight excluding hydrogens is 232 g/mol. The lowest BCUT2D eigenvalue weighted by Crippen LogP contribution is -2.52. The second-order valence-electron chi connectivity index (χ2n) is 5.45. The molecule has 0 aromatic rings. The van der Waals surface area contributed by atoms with Crippen molar-refractivity contribution in [1.29, 1.82) is 0 Å². The van der Waals surface area contributed by atoms with Crippen molar-refractivity contribution in [3.05, 3.63) is 0 Å². The average Bonchev–Trinajstić information content (AvgIpc) is 2.53. The van der Waals surface area contributed by atoms with Gasteiger partial charge in [-0.25, -0.2) is 0 Å². The number of likely N-dealkylation sites (tertiary alicyclic amines) is 2. The van der Waals surface area contributed by atoms with Crippen LogP contribution in [0.3, 0.4) is 0 Å². The van der Waals surface area contributed by atoms with E-state index in [0.717, 1.165) is 39.0 Å². The summed E-state index contributed by atoms with van der Waals surface area (Å²) in [5.41, 5.74) is 0. The fourth-order valence-corrected chi connectivity index (χ4v) is 2.79. The molecule has 2 aliphatic heterocycles. The van der Waals surface area contributed by atoms with Crippen LogP contribution in [0, 0.1) is 5.92 Å². The van der Waals surface area contributed by atoms with Crippen molar-refractivity contribution >= 4 is 11.9 Å². The van der Waals surface area contributed by atoms with Crippen LogP contribution in [0.1, 0.15) is 32.1 Å². The van der Waals surface area contributed by atoms with Crippen molar-refractivity contribution in [3.63, 3.8) is 0 Å². The minimum Gasteiger partial charge on any atom is -0.481 e. The lowest BCUT2D eigenvalue weighted by Gasteiger charge is -2.39. The highest BCUT2D eigenvalue weighted by Gasteiger charge is 2.30. The van der Waals surface area contributed by atoms with Crippen molar-refractivity contribution in [3.8, 4) is 0 Å². The molecule has 5 nitrogen and oxygen atoms in total. The van der Waals surface area contributed by atoms with E-state index in [4.69, 9.17) is 5.11 Å². The molecule has 1 amide bonds. The molecule has 2 aliphatic rings. The Bertz CT molecular complexity index is 305. The van der Waals surface area contributed by atoms with Crippen LogP contribution in [-0.2, 0) is 9.59 Å². The van der Waals surface area contributed by atoms with Gasteiger partial charge in [0.2, 0.25) is 5.91 Å². The quantitative estimate of drug-likeness (QED) is 0.806. The Morgan fingerprint density at radius 2 is 1.67 bits per heavy atom. The van der Waals surface area contributed by atoms with Crippen molar-refractivity contribution in [2.45, 2.75) is 32.1 Å². The summed E-state index contributed by atoms with van der Waals surface area (Å²) in [5.74, 6) is -0.288. The lowest BCUT2D eigenvalue weighted by atomic mass is 9.96. The summed E-state index contributed by atoms with van der Waals surface area (Å²) in [6, 6.07) is 0. The molecule has 5 heteroatoms. The molecule has 2 heterocycles. The smallest absolute Gasteiger partial charge is 0.303 e. The summed E-state index contributed by atoms with van der Waals surface area (Å²) in [5, 5.41) is 8.66. The number of amides is 1. The van der Waals surface area contributed by atoms with Gasteiger partial charge in [0.25, 0.3) is 0 Å². The molecule has 1 N–H and O–H groups in total. The van der Waals surface area contributed by atoms with Crippen LogP contribution in [0.2, 0.25) is 0 Å². The summed E-state index contributed by atoms with van der Waals surface area (Å²) >= 11 is 0. The SMILES string of the molecule is O=C(O)CC1CN(CC(=O)N2CCCCCC2)C1. The van der Waals surface area contributed by atoms with Crippen LogP contribution in [-0.4, -0.2) is 59.5 Å². The first-order valence-corrected chi connectivity index (χ1v) is 6.87. The maximum absolute atomic E-state index is 12.1. The first-order valence-electron chi connectivity index (χ1n) is 6.87. The van der Waals surface area contributed by atoms with Crippen LogP contribution in [0.5, 0.6) is 0 Å². The highest BCUT2D eigenvalue weighted by Crippen LogP contribution is 2.19. The van der Waals surface area contributed by atoms with Crippen molar-refractivity contribution in [1.82, 2.24) is 9.80 Å². The molecule has 0 aromatic heterocycles. The van der Waals surface area contributed by atoms with E-state index < -0.39 is 5.97 Å². The first-order chi connectivity index (χ1) is 8.65. The monoisotopic (exact) mass is 254 g/mol. The van der Waals surface area contributed by atoms with Crippen molar-refractivity contribution in [2.75, 3.05) is 32.7 Å². The number of hydrogen-bond donors (Lipinski definition) is 1. The van der Waals surface area contributed by atoms with Gasteiger partial charge >= 0.3 is 5.97 Å². The molecule has 0 unspecified atom stereocenters. The maximum Gasteiger partial charge on any atom is 0.303 e. The van der Waals surface area contributed by atoms with Gasteiger partial charge in [0.1, 0.15) is 0 Å². The molecule has 0 spiro atoms. The summed E-state index contributed by atoms with van der Waals surface area (Å²) in [6.45, 7) is 3.77. The van der Waals surface area contributed by atoms with Gasteiger partial charge in [-0.1, -0.05) is 12.8 Å². The normalized spacial score (nSPS) is 22.3. The predicted molar refractivity (Wildman–Crippen MR) is 67.2 cm³/mol. The number of nitrogens with zero attached hydrogens (tertiary/aromatic N) is 2. The minimum atomic E-state index is -0.738. The van der Waals surface area contributed by atoms with Gasteiger partial charge in [0, 0.05) is 26.2 Å². The van der Waals surface area contributed by atoms with E-state index in [2.05, 4.69) is 4.90 Å². The minimum absolute atomic E-state index is 0.214. The van der Waals surface area contributed by atoms with Crippen LogP contribution in [0.25, 0.3) is 0 Å². The number of carboxylic acids is 1. The number of carbonyl (C=O) groups excluding carboxylic acids is 1. The second kappa shape index (κ2) is 6.18. The van der Waals surface area contributed by atoms with Gasteiger partial charge in [-0.05, 0) is 18.8 Å². The Balaban J connectivity index is 1.67. The summed E-state index contributed by atoms with van der Waals surface area (Å²) in [7, 11) is 0. The molecule has 0 bridgehead atoms. The largest absolute Gasteiger partial charge is 0.481 e. The zero-order valence-corrected chi connectivity index (χ0v) is 10.8. The molecule has 2 fully saturated rings. The molecule has 102 valence electrons. The number of carboxylic acid groups (broad SMARTS) is 1. The fraction of sp³-hybridized carbons (Fsp3) is 0.846. The van der Waals surface area contributed by atoms with E-state index in [9.17, 15) is 9.59 Å². The third-order valence-electron chi connectivity index (χ3n) is 3.81. The topological polar surface area (TPSA) is 60.9 Å². The number of rotatable bonds is 4. The zero-order chi connectivity index (χ0) is 13.0.